The van der Waals surface area contributed by atoms with Gasteiger partial charge in [-0.05, 0) is 25.5 Å². The second kappa shape index (κ2) is 5.82. The Hall–Kier alpha value is -1.62. The van der Waals surface area contributed by atoms with Crippen LogP contribution in [0.3, 0.4) is 0 Å². The van der Waals surface area contributed by atoms with Crippen LogP contribution < -0.4 is 5.32 Å². The predicted octanol–water partition coefficient (Wildman–Crippen LogP) is 1.81. The van der Waals surface area contributed by atoms with Crippen LogP contribution in [0.2, 0.25) is 0 Å². The van der Waals surface area contributed by atoms with E-state index in [0.29, 0.717) is 6.42 Å². The number of aliphatic hydroxyl groups is 1. The van der Waals surface area contributed by atoms with E-state index in [9.17, 15) is 14.3 Å². The zero-order valence-corrected chi connectivity index (χ0v) is 10.5. The van der Waals surface area contributed by atoms with Crippen molar-refractivity contribution in [1.82, 2.24) is 5.32 Å². The molecule has 1 aromatic rings. The first kappa shape index (κ1) is 14.4. The van der Waals surface area contributed by atoms with Gasteiger partial charge in [-0.25, -0.2) is 4.39 Å². The van der Waals surface area contributed by atoms with Crippen LogP contribution in [0, 0.1) is 5.82 Å². The van der Waals surface area contributed by atoms with Gasteiger partial charge in [0.25, 0.3) is 5.91 Å². The number of aromatic hydroxyl groups is 1. The fraction of sp³-hybridized carbons (Fsp3) is 0.462. The lowest BCUT2D eigenvalue weighted by Crippen LogP contribution is -2.49. The minimum absolute atomic E-state index is 0.149. The monoisotopic (exact) mass is 255 g/mol. The van der Waals surface area contributed by atoms with Gasteiger partial charge in [0, 0.05) is 6.07 Å². The maximum Gasteiger partial charge on any atom is 0.254 e. The van der Waals surface area contributed by atoms with Crippen molar-refractivity contribution in [2.75, 3.05) is 6.61 Å². The van der Waals surface area contributed by atoms with Crippen molar-refractivity contribution in [2.45, 2.75) is 32.2 Å². The molecule has 0 radical (unpaired) electrons. The molecule has 100 valence electrons. The number of phenolic OH excluding ortho intramolecular Hbond substituents is 1. The van der Waals surface area contributed by atoms with Crippen molar-refractivity contribution in [3.63, 3.8) is 0 Å². The van der Waals surface area contributed by atoms with E-state index in [0.717, 1.165) is 12.5 Å². The van der Waals surface area contributed by atoms with E-state index in [4.69, 9.17) is 5.11 Å². The molecule has 0 aliphatic heterocycles. The zero-order valence-electron chi connectivity index (χ0n) is 10.5. The third-order valence-corrected chi connectivity index (χ3v) is 2.76. The summed E-state index contributed by atoms with van der Waals surface area (Å²) in [5, 5.41) is 21.0. The Balaban J connectivity index is 2.87. The van der Waals surface area contributed by atoms with Crippen LogP contribution in [0.25, 0.3) is 0 Å². The Labute approximate surface area is 105 Å². The standard InChI is InChI=1S/C13H18FNO3/c1-3-6-13(2,8-16)15-12(18)10-5-4-9(17)7-11(10)14/h4-5,7,16-17H,3,6,8H2,1-2H3,(H,15,18)/t13-/m0/s1. The summed E-state index contributed by atoms with van der Waals surface area (Å²) in [5.74, 6) is -1.62. The average molecular weight is 255 g/mol. The number of carbonyl (C=O) groups excluding carboxylic acids is 1. The molecule has 3 N–H and O–H groups in total. The van der Waals surface area contributed by atoms with Gasteiger partial charge in [-0.15, -0.1) is 0 Å². The number of hydrogen-bond acceptors (Lipinski definition) is 3. The summed E-state index contributed by atoms with van der Waals surface area (Å²) in [4.78, 5) is 11.9. The highest BCUT2D eigenvalue weighted by Gasteiger charge is 2.26. The van der Waals surface area contributed by atoms with Gasteiger partial charge < -0.3 is 15.5 Å². The topological polar surface area (TPSA) is 69.6 Å². The lowest BCUT2D eigenvalue weighted by molar-refractivity contribution is 0.0837. The summed E-state index contributed by atoms with van der Waals surface area (Å²) < 4.78 is 13.5. The molecule has 0 unspecified atom stereocenters. The van der Waals surface area contributed by atoms with Gasteiger partial charge in [0.1, 0.15) is 11.6 Å². The Morgan fingerprint density at radius 1 is 1.50 bits per heavy atom. The summed E-state index contributed by atoms with van der Waals surface area (Å²) in [6, 6.07) is 3.34. The van der Waals surface area contributed by atoms with Gasteiger partial charge in [-0.1, -0.05) is 13.3 Å². The normalized spacial score (nSPS) is 14.0. The second-order valence-corrected chi connectivity index (χ2v) is 4.59. The molecular formula is C13H18FNO3. The van der Waals surface area contributed by atoms with Crippen molar-refractivity contribution in [1.29, 1.82) is 0 Å². The van der Waals surface area contributed by atoms with Crippen LogP contribution >= 0.6 is 0 Å². The molecule has 1 amide bonds. The van der Waals surface area contributed by atoms with Gasteiger partial charge in [-0.3, -0.25) is 4.79 Å². The van der Waals surface area contributed by atoms with Gasteiger partial charge in [0.15, 0.2) is 0 Å². The molecule has 0 spiro atoms. The van der Waals surface area contributed by atoms with Crippen molar-refractivity contribution < 1.29 is 19.4 Å². The van der Waals surface area contributed by atoms with Crippen molar-refractivity contribution in [2.24, 2.45) is 0 Å². The third-order valence-electron chi connectivity index (χ3n) is 2.76. The maximum atomic E-state index is 13.5. The molecule has 1 atom stereocenters. The number of benzene rings is 1. The van der Waals surface area contributed by atoms with E-state index in [2.05, 4.69) is 5.32 Å². The zero-order chi connectivity index (χ0) is 13.8. The number of halogens is 1. The van der Waals surface area contributed by atoms with E-state index >= 15 is 0 Å². The molecule has 0 fully saturated rings. The minimum Gasteiger partial charge on any atom is -0.508 e. The number of nitrogens with one attached hydrogen (secondary N) is 1. The lowest BCUT2D eigenvalue weighted by atomic mass is 9.96. The average Bonchev–Trinajstić information content (AvgIpc) is 2.28. The summed E-state index contributed by atoms with van der Waals surface area (Å²) >= 11 is 0. The van der Waals surface area contributed by atoms with Crippen LogP contribution in [0.4, 0.5) is 4.39 Å². The van der Waals surface area contributed by atoms with E-state index in [1.54, 1.807) is 6.92 Å². The Bertz CT molecular complexity index is 436. The number of carbonyl (C=O) groups is 1. The number of hydrogen-bond donors (Lipinski definition) is 3. The molecule has 0 aromatic heterocycles. The summed E-state index contributed by atoms with van der Waals surface area (Å²) in [6.45, 7) is 3.42. The largest absolute Gasteiger partial charge is 0.508 e. The number of aliphatic hydroxyl groups excluding tert-OH is 1. The fourth-order valence-corrected chi connectivity index (χ4v) is 1.76. The maximum absolute atomic E-state index is 13.5. The van der Waals surface area contributed by atoms with Crippen LogP contribution in [0.5, 0.6) is 5.75 Å². The molecule has 5 heteroatoms. The molecule has 0 heterocycles. The highest BCUT2D eigenvalue weighted by Crippen LogP contribution is 2.17. The molecular weight excluding hydrogens is 237 g/mol. The first-order valence-corrected chi connectivity index (χ1v) is 5.84. The number of phenols is 1. The molecule has 0 bridgehead atoms. The molecule has 1 rings (SSSR count). The lowest BCUT2D eigenvalue weighted by Gasteiger charge is -2.28. The Morgan fingerprint density at radius 3 is 2.67 bits per heavy atom. The van der Waals surface area contributed by atoms with Crippen molar-refractivity contribution in [3.05, 3.63) is 29.6 Å². The van der Waals surface area contributed by atoms with Crippen molar-refractivity contribution >= 4 is 5.91 Å². The van der Waals surface area contributed by atoms with Gasteiger partial charge >= 0.3 is 0 Å². The molecule has 1 aromatic carbocycles. The summed E-state index contributed by atoms with van der Waals surface area (Å²) in [6.07, 6.45) is 1.38. The van der Waals surface area contributed by atoms with Crippen LogP contribution in [0.15, 0.2) is 18.2 Å². The number of rotatable bonds is 5. The molecule has 0 aliphatic rings. The van der Waals surface area contributed by atoms with Gasteiger partial charge in [0.05, 0.1) is 17.7 Å². The van der Waals surface area contributed by atoms with E-state index in [-0.39, 0.29) is 17.9 Å². The molecule has 0 aliphatic carbocycles. The van der Waals surface area contributed by atoms with E-state index in [1.807, 2.05) is 6.92 Å². The summed E-state index contributed by atoms with van der Waals surface area (Å²) in [7, 11) is 0. The first-order chi connectivity index (χ1) is 8.41. The third kappa shape index (κ3) is 3.43. The SMILES string of the molecule is CCC[C@@](C)(CO)NC(=O)c1ccc(O)cc1F. The predicted molar refractivity (Wildman–Crippen MR) is 65.9 cm³/mol. The first-order valence-electron chi connectivity index (χ1n) is 5.84. The molecule has 0 saturated heterocycles. The van der Waals surface area contributed by atoms with E-state index in [1.165, 1.54) is 12.1 Å². The highest BCUT2D eigenvalue weighted by atomic mass is 19.1. The quantitative estimate of drug-likeness (QED) is 0.751. The molecule has 18 heavy (non-hydrogen) atoms. The highest BCUT2D eigenvalue weighted by molar-refractivity contribution is 5.95. The van der Waals surface area contributed by atoms with Crippen LogP contribution in [-0.2, 0) is 0 Å². The fourth-order valence-electron chi connectivity index (χ4n) is 1.76. The smallest absolute Gasteiger partial charge is 0.254 e. The number of amides is 1. The molecule has 4 nitrogen and oxygen atoms in total. The van der Waals surface area contributed by atoms with Crippen molar-refractivity contribution in [3.8, 4) is 5.75 Å². The van der Waals surface area contributed by atoms with Crippen LogP contribution in [-0.4, -0.2) is 28.3 Å². The Morgan fingerprint density at radius 2 is 2.17 bits per heavy atom. The van der Waals surface area contributed by atoms with Gasteiger partial charge in [-0.2, -0.15) is 0 Å². The Kier molecular flexibility index (Phi) is 4.67. The summed E-state index contributed by atoms with van der Waals surface area (Å²) in [5.41, 5.74) is -0.917. The van der Waals surface area contributed by atoms with Gasteiger partial charge in [0.2, 0.25) is 0 Å². The minimum atomic E-state index is -0.788. The molecule has 0 saturated carbocycles. The second-order valence-electron chi connectivity index (χ2n) is 4.59. The van der Waals surface area contributed by atoms with Crippen LogP contribution in [0.1, 0.15) is 37.0 Å². The van der Waals surface area contributed by atoms with E-state index < -0.39 is 17.3 Å².